The van der Waals surface area contributed by atoms with Crippen LogP contribution in [0.15, 0.2) is 18.2 Å². The van der Waals surface area contributed by atoms with Gasteiger partial charge >= 0.3 is 0 Å². The lowest BCUT2D eigenvalue weighted by Gasteiger charge is -2.22. The molecular formula is C12H15FN2O2. The van der Waals surface area contributed by atoms with Crippen molar-refractivity contribution in [3.05, 3.63) is 24.0 Å². The van der Waals surface area contributed by atoms with Crippen molar-refractivity contribution < 1.29 is 13.9 Å². The second-order valence-electron chi connectivity index (χ2n) is 4.37. The maximum Gasteiger partial charge on any atom is 0.256 e. The minimum absolute atomic E-state index is 0.208. The Balaban J connectivity index is 2.13. The molecule has 1 aromatic rings. The average molecular weight is 238 g/mol. The number of benzene rings is 1. The van der Waals surface area contributed by atoms with Crippen molar-refractivity contribution in [2.24, 2.45) is 0 Å². The Bertz CT molecular complexity index is 442. The van der Waals surface area contributed by atoms with Crippen LogP contribution in [0.5, 0.6) is 0 Å². The molecule has 0 saturated carbocycles. The molecule has 1 aliphatic rings. The molecule has 1 heterocycles. The molecule has 1 atom stereocenters. The molecule has 4 nitrogen and oxygen atoms in total. The molecule has 5 heteroatoms. The fraction of sp³-hybridized carbons (Fsp3) is 0.417. The van der Waals surface area contributed by atoms with E-state index in [4.69, 9.17) is 10.5 Å². The summed E-state index contributed by atoms with van der Waals surface area (Å²) in [6.45, 7) is 2.33. The third kappa shape index (κ3) is 2.39. The molecule has 0 radical (unpaired) electrons. The number of nitrogens with two attached hydrogens (primary N) is 1. The van der Waals surface area contributed by atoms with Gasteiger partial charge < -0.3 is 15.8 Å². The number of ether oxygens (including phenoxy) is 1. The fourth-order valence-corrected chi connectivity index (χ4v) is 1.86. The van der Waals surface area contributed by atoms with E-state index >= 15 is 0 Å². The number of amides is 1. The summed E-state index contributed by atoms with van der Waals surface area (Å²) in [7, 11) is 0. The average Bonchev–Trinajstić information content (AvgIpc) is 2.71. The molecule has 0 aliphatic carbocycles. The smallest absolute Gasteiger partial charge is 0.256 e. The van der Waals surface area contributed by atoms with Gasteiger partial charge in [-0.3, -0.25) is 4.79 Å². The molecule has 0 bridgehead atoms. The van der Waals surface area contributed by atoms with Crippen LogP contribution in [0, 0.1) is 5.82 Å². The van der Waals surface area contributed by atoms with E-state index in [1.165, 1.54) is 18.2 Å². The molecule has 1 saturated heterocycles. The Morgan fingerprint density at radius 1 is 1.59 bits per heavy atom. The van der Waals surface area contributed by atoms with Crippen LogP contribution in [0.2, 0.25) is 0 Å². The first-order valence-electron chi connectivity index (χ1n) is 5.52. The summed E-state index contributed by atoms with van der Waals surface area (Å²) in [4.78, 5) is 12.0. The minimum Gasteiger partial charge on any atom is -0.397 e. The summed E-state index contributed by atoms with van der Waals surface area (Å²) < 4.78 is 18.3. The van der Waals surface area contributed by atoms with Gasteiger partial charge in [-0.2, -0.15) is 0 Å². The van der Waals surface area contributed by atoms with Crippen molar-refractivity contribution in [1.82, 2.24) is 0 Å². The number of nitrogens with one attached hydrogen (secondary N) is 1. The van der Waals surface area contributed by atoms with Gasteiger partial charge in [0.15, 0.2) is 0 Å². The number of nitrogen functional groups attached to an aromatic ring is 1. The predicted molar refractivity (Wildman–Crippen MR) is 63.0 cm³/mol. The van der Waals surface area contributed by atoms with E-state index < -0.39 is 11.4 Å². The van der Waals surface area contributed by atoms with Crippen molar-refractivity contribution in [1.29, 1.82) is 0 Å². The zero-order valence-electron chi connectivity index (χ0n) is 9.63. The van der Waals surface area contributed by atoms with Gasteiger partial charge in [0, 0.05) is 6.61 Å². The molecule has 1 fully saturated rings. The number of hydrogen-bond acceptors (Lipinski definition) is 3. The molecule has 0 spiro atoms. The van der Waals surface area contributed by atoms with E-state index in [1.54, 1.807) is 6.92 Å². The highest BCUT2D eigenvalue weighted by Gasteiger charge is 2.37. The highest BCUT2D eigenvalue weighted by atomic mass is 19.1. The second-order valence-corrected chi connectivity index (χ2v) is 4.37. The minimum atomic E-state index is -0.805. The Morgan fingerprint density at radius 2 is 2.35 bits per heavy atom. The first-order chi connectivity index (χ1) is 8.01. The van der Waals surface area contributed by atoms with Gasteiger partial charge in [-0.05, 0) is 38.0 Å². The SMILES string of the molecule is CC1(C(=O)Nc2ccc(F)cc2N)CCCO1. The van der Waals surface area contributed by atoms with Crippen LogP contribution < -0.4 is 11.1 Å². The lowest BCUT2D eigenvalue weighted by atomic mass is 10.0. The summed E-state index contributed by atoms with van der Waals surface area (Å²) in [5.74, 6) is -0.669. The van der Waals surface area contributed by atoms with Gasteiger partial charge in [0.05, 0.1) is 11.4 Å². The third-order valence-electron chi connectivity index (χ3n) is 2.96. The zero-order chi connectivity index (χ0) is 12.5. The van der Waals surface area contributed by atoms with Gasteiger partial charge in [-0.1, -0.05) is 0 Å². The third-order valence-corrected chi connectivity index (χ3v) is 2.96. The highest BCUT2D eigenvalue weighted by Crippen LogP contribution is 2.28. The summed E-state index contributed by atoms with van der Waals surface area (Å²) in [5, 5.41) is 2.66. The van der Waals surface area contributed by atoms with Crippen LogP contribution in [-0.2, 0) is 9.53 Å². The van der Waals surface area contributed by atoms with Crippen molar-refractivity contribution in [2.45, 2.75) is 25.4 Å². The first kappa shape index (κ1) is 11.9. The monoisotopic (exact) mass is 238 g/mol. The molecule has 92 valence electrons. The van der Waals surface area contributed by atoms with Crippen molar-refractivity contribution in [3.8, 4) is 0 Å². The Morgan fingerprint density at radius 3 is 2.94 bits per heavy atom. The quantitative estimate of drug-likeness (QED) is 0.773. The summed E-state index contributed by atoms with van der Waals surface area (Å²) in [5.41, 5.74) is 5.43. The van der Waals surface area contributed by atoms with Crippen LogP contribution in [0.4, 0.5) is 15.8 Å². The number of rotatable bonds is 2. The Kier molecular flexibility index (Phi) is 3.02. The van der Waals surface area contributed by atoms with E-state index in [0.29, 0.717) is 18.7 Å². The lowest BCUT2D eigenvalue weighted by Crippen LogP contribution is -2.39. The zero-order valence-corrected chi connectivity index (χ0v) is 9.63. The largest absolute Gasteiger partial charge is 0.397 e. The Hall–Kier alpha value is -1.62. The molecule has 17 heavy (non-hydrogen) atoms. The Labute approximate surface area is 98.9 Å². The number of carbonyl (C=O) groups is 1. The highest BCUT2D eigenvalue weighted by molar-refractivity contribution is 5.99. The van der Waals surface area contributed by atoms with Gasteiger partial charge in [0.1, 0.15) is 11.4 Å². The number of hydrogen-bond donors (Lipinski definition) is 2. The summed E-state index contributed by atoms with van der Waals surface area (Å²) in [6, 6.07) is 3.87. The first-order valence-corrected chi connectivity index (χ1v) is 5.52. The molecule has 1 aromatic carbocycles. The second kappa shape index (κ2) is 4.33. The lowest BCUT2D eigenvalue weighted by molar-refractivity contribution is -0.133. The normalized spacial score (nSPS) is 23.6. The van der Waals surface area contributed by atoms with Crippen LogP contribution in [0.1, 0.15) is 19.8 Å². The molecule has 0 aromatic heterocycles. The fourth-order valence-electron chi connectivity index (χ4n) is 1.86. The maximum absolute atomic E-state index is 12.8. The van der Waals surface area contributed by atoms with E-state index in [-0.39, 0.29) is 11.6 Å². The molecule has 1 aliphatic heterocycles. The van der Waals surface area contributed by atoms with Gasteiger partial charge in [-0.15, -0.1) is 0 Å². The number of carbonyl (C=O) groups excluding carboxylic acids is 1. The molecule has 3 N–H and O–H groups in total. The van der Waals surface area contributed by atoms with E-state index in [0.717, 1.165) is 6.42 Å². The summed E-state index contributed by atoms with van der Waals surface area (Å²) in [6.07, 6.45) is 1.54. The molecule has 2 rings (SSSR count). The van der Waals surface area contributed by atoms with Gasteiger partial charge in [0.2, 0.25) is 0 Å². The van der Waals surface area contributed by atoms with Crippen molar-refractivity contribution in [3.63, 3.8) is 0 Å². The molecule has 1 amide bonds. The maximum atomic E-state index is 12.8. The van der Waals surface area contributed by atoms with Crippen LogP contribution in [-0.4, -0.2) is 18.1 Å². The van der Waals surface area contributed by atoms with E-state index in [9.17, 15) is 9.18 Å². The molecule has 1 unspecified atom stereocenters. The summed E-state index contributed by atoms with van der Waals surface area (Å²) >= 11 is 0. The van der Waals surface area contributed by atoms with Crippen molar-refractivity contribution in [2.75, 3.05) is 17.7 Å². The van der Waals surface area contributed by atoms with Crippen LogP contribution >= 0.6 is 0 Å². The predicted octanol–water partition coefficient (Wildman–Crippen LogP) is 1.92. The van der Waals surface area contributed by atoms with Crippen LogP contribution in [0.3, 0.4) is 0 Å². The van der Waals surface area contributed by atoms with Crippen LogP contribution in [0.25, 0.3) is 0 Å². The standard InChI is InChI=1S/C12H15FN2O2/c1-12(5-2-6-17-12)11(16)15-10-4-3-8(13)7-9(10)14/h3-4,7H,2,5-6,14H2,1H3,(H,15,16). The van der Waals surface area contributed by atoms with Gasteiger partial charge in [-0.25, -0.2) is 4.39 Å². The number of halogens is 1. The van der Waals surface area contributed by atoms with Gasteiger partial charge in [0.25, 0.3) is 5.91 Å². The van der Waals surface area contributed by atoms with E-state index in [1.807, 2.05) is 0 Å². The molecular weight excluding hydrogens is 223 g/mol. The van der Waals surface area contributed by atoms with Crippen molar-refractivity contribution >= 4 is 17.3 Å². The number of anilines is 2. The topological polar surface area (TPSA) is 64.4 Å². The van der Waals surface area contributed by atoms with E-state index in [2.05, 4.69) is 5.32 Å².